The van der Waals surface area contributed by atoms with Gasteiger partial charge in [-0.3, -0.25) is 0 Å². The summed E-state index contributed by atoms with van der Waals surface area (Å²) >= 11 is 0. The number of aryl methyl sites for hydroxylation is 4. The van der Waals surface area contributed by atoms with Gasteiger partial charge < -0.3 is 0 Å². The molecule has 0 fully saturated rings. The van der Waals surface area contributed by atoms with E-state index in [-0.39, 0.29) is 0 Å². The standard InChI is InChI=1S/C26H32/c1-18-8-6-7-9-23-14-11-20(3)25(16-23)22(5)26-17-24(13-10-19(18)2)15-12-21(26)4/h11-12,14-18H,2,5-10,13H2,1,3-4H3. The van der Waals surface area contributed by atoms with Crippen LogP contribution in [0.25, 0.3) is 5.57 Å². The van der Waals surface area contributed by atoms with Crippen molar-refractivity contribution in [3.63, 3.8) is 0 Å². The molecule has 1 aliphatic carbocycles. The molecule has 4 bridgehead atoms. The Balaban J connectivity index is 2.02. The molecule has 1 atom stereocenters. The summed E-state index contributed by atoms with van der Waals surface area (Å²) in [5.74, 6) is 0.619. The van der Waals surface area contributed by atoms with Crippen molar-refractivity contribution in [3.8, 4) is 0 Å². The summed E-state index contributed by atoms with van der Waals surface area (Å²) in [4.78, 5) is 0. The number of rotatable bonds is 0. The van der Waals surface area contributed by atoms with Crippen LogP contribution >= 0.6 is 0 Å². The van der Waals surface area contributed by atoms with E-state index in [0.717, 1.165) is 24.8 Å². The molecule has 0 amide bonds. The molecular weight excluding hydrogens is 312 g/mol. The van der Waals surface area contributed by atoms with E-state index in [0.29, 0.717) is 5.92 Å². The van der Waals surface area contributed by atoms with Crippen LogP contribution in [0.1, 0.15) is 66.0 Å². The summed E-state index contributed by atoms with van der Waals surface area (Å²) in [6, 6.07) is 13.8. The number of hydrogen-bond acceptors (Lipinski definition) is 0. The van der Waals surface area contributed by atoms with Gasteiger partial charge in [-0.05, 0) is 90.8 Å². The van der Waals surface area contributed by atoms with E-state index in [1.807, 2.05) is 0 Å². The summed E-state index contributed by atoms with van der Waals surface area (Å²) in [5.41, 5.74) is 10.6. The third-order valence-corrected chi connectivity index (χ3v) is 6.04. The molecule has 0 N–H and O–H groups in total. The Morgan fingerprint density at radius 1 is 0.769 bits per heavy atom. The molecule has 26 heavy (non-hydrogen) atoms. The van der Waals surface area contributed by atoms with E-state index in [1.54, 1.807) is 0 Å². The van der Waals surface area contributed by atoms with Gasteiger partial charge in [0.2, 0.25) is 0 Å². The van der Waals surface area contributed by atoms with Crippen molar-refractivity contribution in [2.24, 2.45) is 5.92 Å². The van der Waals surface area contributed by atoms with Gasteiger partial charge in [-0.1, -0.05) is 68.5 Å². The molecule has 0 nitrogen and oxygen atoms in total. The summed E-state index contributed by atoms with van der Waals surface area (Å²) in [6.45, 7) is 15.6. The van der Waals surface area contributed by atoms with E-state index < -0.39 is 0 Å². The average molecular weight is 345 g/mol. The zero-order valence-corrected chi connectivity index (χ0v) is 16.7. The number of fused-ring (bicyclic) bond motifs is 4. The minimum Gasteiger partial charge on any atom is -0.0996 e. The van der Waals surface area contributed by atoms with E-state index in [2.05, 4.69) is 70.3 Å². The summed E-state index contributed by atoms with van der Waals surface area (Å²) in [7, 11) is 0. The SMILES string of the molecule is C=C1c2cc(ccc2C)CCCCC(C)C(=C)CCc2ccc(C)c1c2. The van der Waals surface area contributed by atoms with Crippen LogP contribution in [0.3, 0.4) is 0 Å². The molecule has 2 aromatic rings. The predicted molar refractivity (Wildman–Crippen MR) is 115 cm³/mol. The largest absolute Gasteiger partial charge is 0.0996 e. The minimum absolute atomic E-state index is 0.619. The first kappa shape index (κ1) is 18.7. The normalized spacial score (nSPS) is 19.0. The van der Waals surface area contributed by atoms with Crippen molar-refractivity contribution >= 4 is 5.57 Å². The molecular formula is C26H32. The van der Waals surface area contributed by atoms with Crippen molar-refractivity contribution in [1.29, 1.82) is 0 Å². The molecule has 1 unspecified atom stereocenters. The molecule has 0 aromatic heterocycles. The zero-order valence-electron chi connectivity index (χ0n) is 16.7. The number of hydrogen-bond donors (Lipinski definition) is 0. The van der Waals surface area contributed by atoms with Gasteiger partial charge in [-0.15, -0.1) is 0 Å². The lowest BCUT2D eigenvalue weighted by Gasteiger charge is -2.16. The summed E-state index contributed by atoms with van der Waals surface area (Å²) < 4.78 is 0. The van der Waals surface area contributed by atoms with Crippen LogP contribution in [-0.4, -0.2) is 0 Å². The summed E-state index contributed by atoms with van der Waals surface area (Å²) in [5, 5.41) is 0. The first-order valence-electron chi connectivity index (χ1n) is 10.0. The van der Waals surface area contributed by atoms with Crippen molar-refractivity contribution in [1.82, 2.24) is 0 Å². The van der Waals surface area contributed by atoms with Gasteiger partial charge in [0.05, 0.1) is 0 Å². The third kappa shape index (κ3) is 4.18. The first-order valence-corrected chi connectivity index (χ1v) is 10.0. The van der Waals surface area contributed by atoms with Crippen LogP contribution in [-0.2, 0) is 12.8 Å². The highest BCUT2D eigenvalue weighted by molar-refractivity contribution is 5.81. The maximum atomic E-state index is 4.48. The van der Waals surface area contributed by atoms with Crippen LogP contribution in [0.2, 0.25) is 0 Å². The molecule has 0 aliphatic heterocycles. The highest BCUT2D eigenvalue weighted by Crippen LogP contribution is 2.30. The van der Waals surface area contributed by atoms with Crippen LogP contribution < -0.4 is 0 Å². The maximum absolute atomic E-state index is 4.48. The second-order valence-corrected chi connectivity index (χ2v) is 8.08. The smallest absolute Gasteiger partial charge is 0.0152 e. The van der Waals surface area contributed by atoms with Gasteiger partial charge in [0, 0.05) is 0 Å². The van der Waals surface area contributed by atoms with Crippen LogP contribution in [0.4, 0.5) is 0 Å². The van der Waals surface area contributed by atoms with Gasteiger partial charge in [0.25, 0.3) is 0 Å². The first-order chi connectivity index (χ1) is 12.5. The fourth-order valence-electron chi connectivity index (χ4n) is 3.98. The number of benzene rings is 2. The van der Waals surface area contributed by atoms with Crippen LogP contribution in [0.5, 0.6) is 0 Å². The molecule has 3 rings (SSSR count). The Hall–Kier alpha value is -2.08. The van der Waals surface area contributed by atoms with Gasteiger partial charge >= 0.3 is 0 Å². The Kier molecular flexibility index (Phi) is 5.81. The maximum Gasteiger partial charge on any atom is -0.0152 e. The zero-order chi connectivity index (χ0) is 18.7. The Morgan fingerprint density at radius 2 is 1.35 bits per heavy atom. The van der Waals surface area contributed by atoms with Gasteiger partial charge in [0.1, 0.15) is 0 Å². The molecule has 0 heteroatoms. The van der Waals surface area contributed by atoms with E-state index in [4.69, 9.17) is 0 Å². The van der Waals surface area contributed by atoms with Crippen molar-refractivity contribution in [2.45, 2.75) is 59.3 Å². The molecule has 2 aromatic carbocycles. The highest BCUT2D eigenvalue weighted by atomic mass is 14.2. The van der Waals surface area contributed by atoms with Gasteiger partial charge in [-0.25, -0.2) is 0 Å². The third-order valence-electron chi connectivity index (χ3n) is 6.04. The van der Waals surface area contributed by atoms with E-state index in [1.165, 1.54) is 58.2 Å². The van der Waals surface area contributed by atoms with Gasteiger partial charge in [-0.2, -0.15) is 0 Å². The molecule has 0 saturated carbocycles. The molecule has 0 heterocycles. The lowest BCUT2D eigenvalue weighted by atomic mass is 9.89. The lowest BCUT2D eigenvalue weighted by molar-refractivity contribution is 0.544. The van der Waals surface area contributed by atoms with Crippen molar-refractivity contribution in [3.05, 3.63) is 88.5 Å². The highest BCUT2D eigenvalue weighted by Gasteiger charge is 2.13. The molecule has 0 radical (unpaired) electrons. The van der Waals surface area contributed by atoms with Crippen LogP contribution in [0.15, 0.2) is 55.1 Å². The van der Waals surface area contributed by atoms with Crippen LogP contribution in [0, 0.1) is 19.8 Å². The quantitative estimate of drug-likeness (QED) is 0.443. The Morgan fingerprint density at radius 3 is 1.96 bits per heavy atom. The second kappa shape index (κ2) is 8.08. The summed E-state index contributed by atoms with van der Waals surface area (Å²) in [6.07, 6.45) is 7.09. The number of allylic oxidation sites excluding steroid dienone is 1. The van der Waals surface area contributed by atoms with Gasteiger partial charge in [0.15, 0.2) is 0 Å². The second-order valence-electron chi connectivity index (χ2n) is 8.08. The molecule has 0 saturated heterocycles. The Bertz CT molecular complexity index is 822. The molecule has 136 valence electrons. The molecule has 0 spiro atoms. The predicted octanol–water partition coefficient (Wildman–Crippen LogP) is 7.22. The Labute approximate surface area is 159 Å². The fraction of sp³-hybridized carbons (Fsp3) is 0.385. The van der Waals surface area contributed by atoms with E-state index >= 15 is 0 Å². The molecule has 1 aliphatic rings. The minimum atomic E-state index is 0.619. The fourth-order valence-corrected chi connectivity index (χ4v) is 3.98. The topological polar surface area (TPSA) is 0 Å². The lowest BCUT2D eigenvalue weighted by Crippen LogP contribution is -2.01. The average Bonchev–Trinajstić information content (AvgIpc) is 2.64. The monoisotopic (exact) mass is 344 g/mol. The van der Waals surface area contributed by atoms with Crippen molar-refractivity contribution in [2.75, 3.05) is 0 Å². The van der Waals surface area contributed by atoms with Crippen molar-refractivity contribution < 1.29 is 0 Å². The van der Waals surface area contributed by atoms with E-state index in [9.17, 15) is 0 Å².